The molecule has 4 aromatic carbocycles. The number of benzene rings is 4. The van der Waals surface area contributed by atoms with Crippen molar-refractivity contribution in [1.29, 1.82) is 0 Å². The zero-order chi connectivity index (χ0) is 21.5. The van der Waals surface area contributed by atoms with E-state index >= 15 is 0 Å². The molecule has 0 unspecified atom stereocenters. The van der Waals surface area contributed by atoms with Gasteiger partial charge in [0, 0.05) is 33.3 Å². The normalized spacial score (nSPS) is 13.9. The molecule has 2 aromatic heterocycles. The van der Waals surface area contributed by atoms with Crippen LogP contribution >= 0.6 is 0 Å². The Morgan fingerprint density at radius 3 is 2.09 bits per heavy atom. The van der Waals surface area contributed by atoms with Crippen LogP contribution in [0.5, 0.6) is 0 Å². The SMILES string of the molecule is c1ccc(N2B3c4oc5ccccc5c4-c4ccccc4N3c3oc4ccccc4c32)cc1. The van der Waals surface area contributed by atoms with Gasteiger partial charge in [-0.1, -0.05) is 66.7 Å². The number of furan rings is 2. The Labute approximate surface area is 190 Å². The van der Waals surface area contributed by atoms with Gasteiger partial charge in [-0.05, 0) is 36.4 Å². The first-order valence-electron chi connectivity index (χ1n) is 11.2. The molecule has 0 radical (unpaired) electrons. The van der Waals surface area contributed by atoms with Crippen LogP contribution in [-0.4, -0.2) is 6.98 Å². The van der Waals surface area contributed by atoms with Crippen molar-refractivity contribution in [2.45, 2.75) is 0 Å². The highest BCUT2D eigenvalue weighted by atomic mass is 16.4. The molecular weight excluding hydrogens is 407 g/mol. The quantitative estimate of drug-likeness (QED) is 0.271. The number of anilines is 4. The Balaban J connectivity index is 1.52. The summed E-state index contributed by atoms with van der Waals surface area (Å²) >= 11 is 0. The van der Waals surface area contributed by atoms with Crippen molar-refractivity contribution in [2.24, 2.45) is 0 Å². The van der Waals surface area contributed by atoms with Crippen molar-refractivity contribution in [2.75, 3.05) is 9.62 Å². The van der Waals surface area contributed by atoms with E-state index in [-0.39, 0.29) is 6.98 Å². The fraction of sp³-hybridized carbons (Fsp3) is 0. The summed E-state index contributed by atoms with van der Waals surface area (Å²) < 4.78 is 13.1. The Bertz CT molecular complexity index is 1700. The Morgan fingerprint density at radius 2 is 1.24 bits per heavy atom. The average Bonchev–Trinajstić information content (AvgIpc) is 3.53. The Hall–Kier alpha value is -4.38. The van der Waals surface area contributed by atoms with Crippen LogP contribution in [0.4, 0.5) is 22.9 Å². The molecule has 8 rings (SSSR count). The summed E-state index contributed by atoms with van der Waals surface area (Å²) in [6.45, 7) is -0.178. The Kier molecular flexibility index (Phi) is 3.19. The van der Waals surface area contributed by atoms with Gasteiger partial charge in [0.25, 0.3) is 0 Å². The third kappa shape index (κ3) is 2.11. The molecule has 154 valence electrons. The van der Waals surface area contributed by atoms with Crippen molar-refractivity contribution in [3.05, 3.63) is 103 Å². The number of rotatable bonds is 1. The number of fused-ring (bicyclic) bond motifs is 12. The molecule has 0 atom stereocenters. The molecule has 0 saturated heterocycles. The molecule has 0 N–H and O–H groups in total. The maximum Gasteiger partial charge on any atom is 0.462 e. The van der Waals surface area contributed by atoms with E-state index in [1.807, 2.05) is 18.2 Å². The molecule has 0 spiro atoms. The predicted octanol–water partition coefficient (Wildman–Crippen LogP) is 6.84. The third-order valence-corrected chi connectivity index (χ3v) is 6.82. The maximum atomic E-state index is 6.60. The van der Waals surface area contributed by atoms with Gasteiger partial charge in [-0.2, -0.15) is 0 Å². The van der Waals surface area contributed by atoms with Gasteiger partial charge in [-0.25, -0.2) is 0 Å². The number of hydrogen-bond donors (Lipinski definition) is 0. The van der Waals surface area contributed by atoms with Gasteiger partial charge < -0.3 is 18.5 Å². The lowest BCUT2D eigenvalue weighted by atomic mass is 9.63. The second-order valence-electron chi connectivity index (χ2n) is 8.56. The first kappa shape index (κ1) is 17.2. The maximum absolute atomic E-state index is 6.60. The zero-order valence-corrected chi connectivity index (χ0v) is 17.6. The lowest BCUT2D eigenvalue weighted by Gasteiger charge is -2.33. The summed E-state index contributed by atoms with van der Waals surface area (Å²) in [5, 5.41) is 2.24. The van der Waals surface area contributed by atoms with Crippen LogP contribution in [-0.2, 0) is 0 Å². The number of para-hydroxylation sites is 4. The molecule has 6 aromatic rings. The van der Waals surface area contributed by atoms with Crippen molar-refractivity contribution in [3.63, 3.8) is 0 Å². The van der Waals surface area contributed by atoms with E-state index in [0.29, 0.717) is 0 Å². The highest BCUT2D eigenvalue weighted by Crippen LogP contribution is 2.55. The molecule has 0 saturated carbocycles. The van der Waals surface area contributed by atoms with E-state index in [4.69, 9.17) is 8.83 Å². The van der Waals surface area contributed by atoms with Crippen molar-refractivity contribution in [1.82, 2.24) is 0 Å². The largest absolute Gasteiger partial charge is 0.465 e. The van der Waals surface area contributed by atoms with Crippen LogP contribution in [0.1, 0.15) is 0 Å². The zero-order valence-electron chi connectivity index (χ0n) is 17.6. The highest BCUT2D eigenvalue weighted by Gasteiger charge is 2.53. The number of hydrogen-bond acceptors (Lipinski definition) is 4. The lowest BCUT2D eigenvalue weighted by Crippen LogP contribution is -2.55. The monoisotopic (exact) mass is 424 g/mol. The van der Waals surface area contributed by atoms with Crippen LogP contribution in [0, 0.1) is 0 Å². The van der Waals surface area contributed by atoms with E-state index in [1.165, 1.54) is 0 Å². The number of nitrogens with zero attached hydrogens (tertiary/aromatic N) is 2. The van der Waals surface area contributed by atoms with E-state index in [9.17, 15) is 0 Å². The van der Waals surface area contributed by atoms with Gasteiger partial charge >= 0.3 is 6.98 Å². The van der Waals surface area contributed by atoms with Gasteiger partial charge in [-0.15, -0.1) is 0 Å². The molecular formula is C28H17BN2O2. The van der Waals surface area contributed by atoms with Crippen molar-refractivity contribution >= 4 is 57.5 Å². The minimum atomic E-state index is -0.178. The molecule has 5 heteroatoms. The minimum Gasteiger partial charge on any atom is -0.465 e. The molecule has 0 bridgehead atoms. The predicted molar refractivity (Wildman–Crippen MR) is 134 cm³/mol. The van der Waals surface area contributed by atoms with Gasteiger partial charge in [0.2, 0.25) is 5.88 Å². The second-order valence-corrected chi connectivity index (χ2v) is 8.56. The van der Waals surface area contributed by atoms with Crippen LogP contribution in [0.25, 0.3) is 33.1 Å². The standard InChI is InChI=1S/C28H17BN2O2/c1-2-10-18(11-3-1)30-26-21-14-6-9-17-24(21)33-28(26)31-22-15-7-4-12-19(22)25-20-13-5-8-16-23(20)32-27(25)29(30)31/h1-17H. The van der Waals surface area contributed by atoms with Crippen LogP contribution in [0.15, 0.2) is 112 Å². The molecule has 4 nitrogen and oxygen atoms in total. The molecule has 2 aliphatic rings. The topological polar surface area (TPSA) is 32.8 Å². The summed E-state index contributed by atoms with van der Waals surface area (Å²) in [6, 6.07) is 35.6. The van der Waals surface area contributed by atoms with E-state index in [0.717, 1.165) is 61.7 Å². The smallest absolute Gasteiger partial charge is 0.462 e. The van der Waals surface area contributed by atoms with Gasteiger partial charge in [0.15, 0.2) is 0 Å². The fourth-order valence-electron chi connectivity index (χ4n) is 5.52. The van der Waals surface area contributed by atoms with E-state index in [2.05, 4.69) is 94.6 Å². The van der Waals surface area contributed by atoms with Crippen LogP contribution < -0.4 is 15.3 Å². The highest BCUT2D eigenvalue weighted by molar-refractivity contribution is 6.86. The second kappa shape index (κ2) is 6.11. The fourth-order valence-corrected chi connectivity index (χ4v) is 5.52. The van der Waals surface area contributed by atoms with Crippen molar-refractivity contribution < 1.29 is 8.83 Å². The third-order valence-electron chi connectivity index (χ3n) is 6.82. The summed E-state index contributed by atoms with van der Waals surface area (Å²) in [4.78, 5) is 4.65. The summed E-state index contributed by atoms with van der Waals surface area (Å²) in [7, 11) is 0. The molecule has 2 aliphatic heterocycles. The van der Waals surface area contributed by atoms with Crippen LogP contribution in [0.3, 0.4) is 0 Å². The average molecular weight is 424 g/mol. The summed E-state index contributed by atoms with van der Waals surface area (Å²) in [6.07, 6.45) is 0. The first-order chi connectivity index (χ1) is 16.4. The van der Waals surface area contributed by atoms with Crippen molar-refractivity contribution in [3.8, 4) is 11.1 Å². The van der Waals surface area contributed by atoms with E-state index < -0.39 is 0 Å². The van der Waals surface area contributed by atoms with Crippen LogP contribution in [0.2, 0.25) is 0 Å². The minimum absolute atomic E-state index is 0.178. The Morgan fingerprint density at radius 1 is 0.576 bits per heavy atom. The molecule has 33 heavy (non-hydrogen) atoms. The van der Waals surface area contributed by atoms with Gasteiger partial charge in [0.05, 0.1) is 0 Å². The molecule has 0 aliphatic carbocycles. The van der Waals surface area contributed by atoms with Gasteiger partial charge in [-0.3, -0.25) is 0 Å². The molecule has 4 heterocycles. The van der Waals surface area contributed by atoms with E-state index in [1.54, 1.807) is 0 Å². The molecule has 0 fully saturated rings. The van der Waals surface area contributed by atoms with Gasteiger partial charge in [0.1, 0.15) is 22.5 Å². The summed E-state index contributed by atoms with van der Waals surface area (Å²) in [5.41, 5.74) is 8.35. The summed E-state index contributed by atoms with van der Waals surface area (Å²) in [5.74, 6) is 0.851. The molecule has 0 amide bonds. The first-order valence-corrected chi connectivity index (χ1v) is 11.2. The lowest BCUT2D eigenvalue weighted by molar-refractivity contribution is 0.625.